The van der Waals surface area contributed by atoms with Crippen molar-refractivity contribution < 1.29 is 9.13 Å². The zero-order valence-electron chi connectivity index (χ0n) is 19.1. The van der Waals surface area contributed by atoms with Gasteiger partial charge in [-0.05, 0) is 44.6 Å². The second-order valence-corrected chi connectivity index (χ2v) is 8.20. The second-order valence-electron chi connectivity index (χ2n) is 8.20. The summed E-state index contributed by atoms with van der Waals surface area (Å²) >= 11 is 0. The third-order valence-corrected chi connectivity index (χ3v) is 5.12. The van der Waals surface area contributed by atoms with E-state index in [4.69, 9.17) is 9.73 Å². The van der Waals surface area contributed by atoms with Crippen LogP contribution in [0.4, 0.5) is 4.39 Å². The van der Waals surface area contributed by atoms with Crippen LogP contribution in [0, 0.1) is 11.7 Å². The van der Waals surface area contributed by atoms with Crippen molar-refractivity contribution in [3.05, 3.63) is 35.1 Å². The van der Waals surface area contributed by atoms with Crippen molar-refractivity contribution in [2.24, 2.45) is 10.9 Å². The molecule has 0 radical (unpaired) electrons. The van der Waals surface area contributed by atoms with Gasteiger partial charge in [0.2, 0.25) is 0 Å². The van der Waals surface area contributed by atoms with E-state index in [2.05, 4.69) is 36.3 Å². The Morgan fingerprint density at radius 2 is 1.93 bits per heavy atom. The summed E-state index contributed by atoms with van der Waals surface area (Å²) in [6.45, 7) is 12.9. The summed E-state index contributed by atoms with van der Waals surface area (Å²) in [7, 11) is 3.88. The highest BCUT2D eigenvalue weighted by Crippen LogP contribution is 2.14. The van der Waals surface area contributed by atoms with Crippen LogP contribution in [0.2, 0.25) is 0 Å². The van der Waals surface area contributed by atoms with Crippen LogP contribution >= 0.6 is 24.0 Å². The van der Waals surface area contributed by atoms with Crippen LogP contribution in [0.25, 0.3) is 0 Å². The Morgan fingerprint density at radius 1 is 1.23 bits per heavy atom. The molecular formula is C22H39FIN5O. The Balaban J connectivity index is 0.00000450. The van der Waals surface area contributed by atoms with Crippen LogP contribution in [0.5, 0.6) is 0 Å². The van der Waals surface area contributed by atoms with Gasteiger partial charge >= 0.3 is 0 Å². The normalized spacial score (nSPS) is 16.5. The van der Waals surface area contributed by atoms with Crippen molar-refractivity contribution in [3.63, 3.8) is 0 Å². The molecule has 1 atom stereocenters. The molecule has 1 saturated heterocycles. The summed E-state index contributed by atoms with van der Waals surface area (Å²) in [6, 6.07) is 5.69. The van der Waals surface area contributed by atoms with Crippen molar-refractivity contribution >= 4 is 29.9 Å². The predicted octanol–water partition coefficient (Wildman–Crippen LogP) is 2.92. The first-order valence-corrected chi connectivity index (χ1v) is 10.7. The number of guanidine groups is 1. The van der Waals surface area contributed by atoms with Crippen molar-refractivity contribution in [1.82, 2.24) is 20.4 Å². The van der Waals surface area contributed by atoms with Crippen LogP contribution in [0.15, 0.2) is 23.2 Å². The molecule has 30 heavy (non-hydrogen) atoms. The molecule has 1 aromatic rings. The van der Waals surface area contributed by atoms with Gasteiger partial charge in [0.25, 0.3) is 0 Å². The zero-order valence-corrected chi connectivity index (χ0v) is 21.4. The fourth-order valence-electron chi connectivity index (χ4n) is 3.60. The SMILES string of the molecule is CCNC(=NCc1ccc(F)c(CN(C)C)c1)NCC(C(C)C)N1CCOCC1.I. The first kappa shape index (κ1) is 27.1. The van der Waals surface area contributed by atoms with E-state index >= 15 is 0 Å². The number of hydrogen-bond donors (Lipinski definition) is 2. The molecule has 2 rings (SSSR count). The largest absolute Gasteiger partial charge is 0.379 e. The van der Waals surface area contributed by atoms with E-state index in [-0.39, 0.29) is 29.8 Å². The van der Waals surface area contributed by atoms with E-state index in [1.54, 1.807) is 0 Å². The zero-order chi connectivity index (χ0) is 21.2. The molecule has 0 aliphatic carbocycles. The van der Waals surface area contributed by atoms with Crippen molar-refractivity contribution in [2.75, 3.05) is 53.5 Å². The number of hydrogen-bond acceptors (Lipinski definition) is 4. The molecule has 0 bridgehead atoms. The Bertz CT molecular complexity index is 650. The summed E-state index contributed by atoms with van der Waals surface area (Å²) in [4.78, 5) is 9.19. The second kappa shape index (κ2) is 14.2. The van der Waals surface area contributed by atoms with E-state index in [0.29, 0.717) is 30.6 Å². The molecule has 2 N–H and O–H groups in total. The van der Waals surface area contributed by atoms with E-state index in [1.165, 1.54) is 6.07 Å². The number of morpholine rings is 1. The highest BCUT2D eigenvalue weighted by molar-refractivity contribution is 14.0. The maximum atomic E-state index is 14.0. The van der Waals surface area contributed by atoms with Gasteiger partial charge in [0, 0.05) is 44.3 Å². The third-order valence-electron chi connectivity index (χ3n) is 5.12. The van der Waals surface area contributed by atoms with Crippen molar-refractivity contribution in [1.29, 1.82) is 0 Å². The van der Waals surface area contributed by atoms with Crippen LogP contribution in [-0.4, -0.2) is 75.3 Å². The standard InChI is InChI=1S/C22H38FN5O.HI/c1-6-24-22(26-15-21(17(2)3)28-9-11-29-12-10-28)25-14-18-7-8-20(23)19(13-18)16-27(4)5;/h7-8,13,17,21H,6,9-12,14-16H2,1-5H3,(H2,24,25,26);1H. The maximum absolute atomic E-state index is 14.0. The molecule has 0 amide bonds. The number of nitrogens with zero attached hydrogens (tertiary/aromatic N) is 3. The average Bonchev–Trinajstić information content (AvgIpc) is 2.68. The molecule has 8 heteroatoms. The van der Waals surface area contributed by atoms with E-state index in [1.807, 2.05) is 31.1 Å². The highest BCUT2D eigenvalue weighted by atomic mass is 127. The summed E-state index contributed by atoms with van der Waals surface area (Å²) in [5.74, 6) is 1.17. The highest BCUT2D eigenvalue weighted by Gasteiger charge is 2.23. The average molecular weight is 535 g/mol. The lowest BCUT2D eigenvalue weighted by Gasteiger charge is -2.37. The molecule has 6 nitrogen and oxygen atoms in total. The number of ether oxygens (including phenoxy) is 1. The minimum atomic E-state index is -0.165. The molecule has 0 spiro atoms. The number of nitrogens with one attached hydrogen (secondary N) is 2. The molecule has 0 aromatic heterocycles. The van der Waals surface area contributed by atoms with E-state index in [0.717, 1.165) is 50.9 Å². The first-order chi connectivity index (χ1) is 13.9. The molecule has 1 fully saturated rings. The Labute approximate surface area is 198 Å². The monoisotopic (exact) mass is 535 g/mol. The van der Waals surface area contributed by atoms with Gasteiger partial charge in [0.05, 0.1) is 19.8 Å². The van der Waals surface area contributed by atoms with Gasteiger partial charge in [0.15, 0.2) is 5.96 Å². The first-order valence-electron chi connectivity index (χ1n) is 10.7. The lowest BCUT2D eigenvalue weighted by atomic mass is 10.0. The van der Waals surface area contributed by atoms with Gasteiger partial charge in [-0.2, -0.15) is 0 Å². The Hall–Kier alpha value is -0.970. The van der Waals surface area contributed by atoms with Crippen LogP contribution in [-0.2, 0) is 17.8 Å². The minimum Gasteiger partial charge on any atom is -0.379 e. The van der Waals surface area contributed by atoms with Gasteiger partial charge in [-0.1, -0.05) is 19.9 Å². The summed E-state index contributed by atoms with van der Waals surface area (Å²) in [5.41, 5.74) is 1.71. The summed E-state index contributed by atoms with van der Waals surface area (Å²) < 4.78 is 19.5. The van der Waals surface area contributed by atoms with E-state index in [9.17, 15) is 4.39 Å². The quantitative estimate of drug-likeness (QED) is 0.290. The number of benzene rings is 1. The fourth-order valence-corrected chi connectivity index (χ4v) is 3.60. The molecule has 1 aromatic carbocycles. The molecule has 1 aliphatic rings. The minimum absolute atomic E-state index is 0. The fraction of sp³-hybridized carbons (Fsp3) is 0.682. The Morgan fingerprint density at radius 3 is 2.53 bits per heavy atom. The Kier molecular flexibility index (Phi) is 12.8. The lowest BCUT2D eigenvalue weighted by Crippen LogP contribution is -2.52. The molecule has 172 valence electrons. The van der Waals surface area contributed by atoms with Crippen molar-refractivity contribution in [2.45, 2.75) is 39.9 Å². The maximum Gasteiger partial charge on any atom is 0.191 e. The molecule has 1 aliphatic heterocycles. The smallest absolute Gasteiger partial charge is 0.191 e. The number of halogens is 2. The van der Waals surface area contributed by atoms with Crippen LogP contribution in [0.3, 0.4) is 0 Å². The van der Waals surface area contributed by atoms with Crippen LogP contribution in [0.1, 0.15) is 31.9 Å². The lowest BCUT2D eigenvalue weighted by molar-refractivity contribution is 0.00752. The van der Waals surface area contributed by atoms with Gasteiger partial charge < -0.3 is 20.3 Å². The number of aliphatic imine (C=N–C) groups is 1. The van der Waals surface area contributed by atoms with Gasteiger partial charge in [-0.3, -0.25) is 4.90 Å². The number of rotatable bonds is 9. The topological polar surface area (TPSA) is 52.1 Å². The molecular weight excluding hydrogens is 496 g/mol. The van der Waals surface area contributed by atoms with Gasteiger partial charge in [-0.25, -0.2) is 9.38 Å². The van der Waals surface area contributed by atoms with Crippen LogP contribution < -0.4 is 10.6 Å². The summed E-state index contributed by atoms with van der Waals surface area (Å²) in [5, 5.41) is 6.82. The van der Waals surface area contributed by atoms with Gasteiger partial charge in [-0.15, -0.1) is 24.0 Å². The molecule has 0 saturated carbocycles. The van der Waals surface area contributed by atoms with Crippen molar-refractivity contribution in [3.8, 4) is 0 Å². The predicted molar refractivity (Wildman–Crippen MR) is 133 cm³/mol. The van der Waals surface area contributed by atoms with Gasteiger partial charge in [0.1, 0.15) is 5.82 Å². The molecule has 1 heterocycles. The molecule has 1 unspecified atom stereocenters. The van der Waals surface area contributed by atoms with E-state index < -0.39 is 0 Å². The third kappa shape index (κ3) is 9.03. The summed E-state index contributed by atoms with van der Waals surface area (Å²) in [6.07, 6.45) is 0.